The van der Waals surface area contributed by atoms with E-state index in [4.69, 9.17) is 0 Å². The summed E-state index contributed by atoms with van der Waals surface area (Å²) in [5.41, 5.74) is 0.108. The quantitative estimate of drug-likeness (QED) is 0.790. The summed E-state index contributed by atoms with van der Waals surface area (Å²) in [6.07, 6.45) is 4.34. The monoisotopic (exact) mass is 390 g/mol. The van der Waals surface area contributed by atoms with E-state index in [0.717, 1.165) is 29.6 Å². The second kappa shape index (κ2) is 6.12. The van der Waals surface area contributed by atoms with E-state index in [1.165, 1.54) is 12.3 Å². The van der Waals surface area contributed by atoms with Crippen LogP contribution in [0, 0.1) is 17.7 Å². The van der Waals surface area contributed by atoms with Crippen LogP contribution in [0.1, 0.15) is 10.4 Å². The number of halogens is 2. The number of carbonyl (C=O) groups excluding carboxylic acids is 1. The molecule has 0 aromatic carbocycles. The van der Waals surface area contributed by atoms with Crippen LogP contribution in [0.15, 0.2) is 41.3 Å². The van der Waals surface area contributed by atoms with Gasteiger partial charge in [-0.2, -0.15) is 0 Å². The predicted octanol–water partition coefficient (Wildman–Crippen LogP) is 2.59. The molecule has 0 bridgehead atoms. The number of anilines is 1. The summed E-state index contributed by atoms with van der Waals surface area (Å²) in [6.45, 7) is 3.08. The molecule has 5 nitrogen and oxygen atoms in total. The van der Waals surface area contributed by atoms with Crippen molar-refractivity contribution in [2.45, 2.75) is 0 Å². The minimum Gasteiger partial charge on any atom is -0.356 e. The van der Waals surface area contributed by atoms with Gasteiger partial charge in [-0.1, -0.05) is 0 Å². The Morgan fingerprint density at radius 1 is 1.12 bits per heavy atom. The van der Waals surface area contributed by atoms with Crippen LogP contribution in [0.5, 0.6) is 0 Å². The van der Waals surface area contributed by atoms with E-state index in [0.29, 0.717) is 24.9 Å². The minimum atomic E-state index is -0.555. The fourth-order valence-electron chi connectivity index (χ4n) is 3.62. The normalized spacial score (nSPS) is 22.8. The molecule has 124 valence electrons. The standard InChI is InChI=1S/C17H16BrFN4O/c18-13-1-2-16(21-5-13)22-7-11-9-23(10-12(11)8-22)17(24)14-3-4-20-6-15(14)19/h1-6,11-12H,7-10H2. The number of hydrogen-bond acceptors (Lipinski definition) is 4. The third kappa shape index (κ3) is 2.77. The molecule has 2 saturated heterocycles. The van der Waals surface area contributed by atoms with Crippen molar-refractivity contribution in [2.75, 3.05) is 31.1 Å². The van der Waals surface area contributed by atoms with E-state index in [1.54, 1.807) is 11.1 Å². The van der Waals surface area contributed by atoms with Crippen LogP contribution in [-0.2, 0) is 0 Å². The minimum absolute atomic E-state index is 0.108. The summed E-state index contributed by atoms with van der Waals surface area (Å²) < 4.78 is 14.7. The maximum atomic E-state index is 13.8. The molecule has 24 heavy (non-hydrogen) atoms. The molecule has 2 fully saturated rings. The van der Waals surface area contributed by atoms with Crippen LogP contribution in [0.2, 0.25) is 0 Å². The number of nitrogens with zero attached hydrogens (tertiary/aromatic N) is 4. The molecule has 0 N–H and O–H groups in total. The lowest BCUT2D eigenvalue weighted by Crippen LogP contribution is -2.34. The smallest absolute Gasteiger partial charge is 0.256 e. The Balaban J connectivity index is 1.43. The third-order valence-electron chi connectivity index (χ3n) is 4.81. The molecule has 0 spiro atoms. The summed E-state index contributed by atoms with van der Waals surface area (Å²) in [6, 6.07) is 5.43. The molecule has 2 atom stereocenters. The van der Waals surface area contributed by atoms with Crippen molar-refractivity contribution in [3.8, 4) is 0 Å². The Bertz CT molecular complexity index is 755. The maximum Gasteiger partial charge on any atom is 0.256 e. The number of hydrogen-bond donors (Lipinski definition) is 0. The number of likely N-dealkylation sites (tertiary alicyclic amines) is 1. The number of pyridine rings is 2. The van der Waals surface area contributed by atoms with Gasteiger partial charge in [-0.3, -0.25) is 9.78 Å². The fraction of sp³-hybridized carbons (Fsp3) is 0.353. The summed E-state index contributed by atoms with van der Waals surface area (Å²) in [4.78, 5) is 24.7. The van der Waals surface area contributed by atoms with E-state index < -0.39 is 5.82 Å². The molecule has 2 unspecified atom stereocenters. The second-order valence-electron chi connectivity index (χ2n) is 6.33. The zero-order chi connectivity index (χ0) is 16.7. The van der Waals surface area contributed by atoms with Gasteiger partial charge in [0.15, 0.2) is 5.82 Å². The van der Waals surface area contributed by atoms with Gasteiger partial charge in [0, 0.05) is 54.9 Å². The van der Waals surface area contributed by atoms with Gasteiger partial charge in [0.1, 0.15) is 5.82 Å². The first kappa shape index (κ1) is 15.5. The number of carbonyl (C=O) groups is 1. The van der Waals surface area contributed by atoms with Gasteiger partial charge >= 0.3 is 0 Å². The van der Waals surface area contributed by atoms with Crippen LogP contribution in [0.4, 0.5) is 10.2 Å². The Morgan fingerprint density at radius 2 is 1.88 bits per heavy atom. The van der Waals surface area contributed by atoms with Gasteiger partial charge in [-0.05, 0) is 34.1 Å². The zero-order valence-corrected chi connectivity index (χ0v) is 14.5. The first-order valence-electron chi connectivity index (χ1n) is 7.87. The number of amides is 1. The van der Waals surface area contributed by atoms with E-state index in [1.807, 2.05) is 12.1 Å². The Kier molecular flexibility index (Phi) is 3.96. The van der Waals surface area contributed by atoms with Crippen LogP contribution < -0.4 is 4.90 Å². The molecule has 0 saturated carbocycles. The van der Waals surface area contributed by atoms with Crippen molar-refractivity contribution in [2.24, 2.45) is 11.8 Å². The van der Waals surface area contributed by atoms with Crippen LogP contribution in [0.3, 0.4) is 0 Å². The zero-order valence-electron chi connectivity index (χ0n) is 12.9. The largest absolute Gasteiger partial charge is 0.356 e. The highest BCUT2D eigenvalue weighted by Gasteiger charge is 2.42. The van der Waals surface area contributed by atoms with Gasteiger partial charge < -0.3 is 9.80 Å². The molecule has 2 aliphatic rings. The number of rotatable bonds is 2. The van der Waals surface area contributed by atoms with Gasteiger partial charge in [-0.25, -0.2) is 9.37 Å². The lowest BCUT2D eigenvalue weighted by molar-refractivity contribution is 0.0777. The molecule has 1 amide bonds. The topological polar surface area (TPSA) is 49.3 Å². The molecule has 7 heteroatoms. The van der Waals surface area contributed by atoms with Crippen molar-refractivity contribution in [1.82, 2.24) is 14.9 Å². The van der Waals surface area contributed by atoms with E-state index >= 15 is 0 Å². The van der Waals surface area contributed by atoms with Crippen molar-refractivity contribution >= 4 is 27.7 Å². The van der Waals surface area contributed by atoms with Crippen molar-refractivity contribution in [1.29, 1.82) is 0 Å². The second-order valence-corrected chi connectivity index (χ2v) is 7.24. The first-order valence-corrected chi connectivity index (χ1v) is 8.66. The van der Waals surface area contributed by atoms with Gasteiger partial charge in [-0.15, -0.1) is 0 Å². The van der Waals surface area contributed by atoms with Crippen molar-refractivity contribution in [3.63, 3.8) is 0 Å². The molecule has 2 aromatic heterocycles. The maximum absolute atomic E-state index is 13.8. The summed E-state index contributed by atoms with van der Waals surface area (Å²) in [5, 5.41) is 0. The molecular formula is C17H16BrFN4O. The van der Waals surface area contributed by atoms with Crippen molar-refractivity contribution < 1.29 is 9.18 Å². The molecule has 0 aliphatic carbocycles. The first-order chi connectivity index (χ1) is 11.6. The van der Waals surface area contributed by atoms with E-state index in [9.17, 15) is 9.18 Å². The Hall–Kier alpha value is -2.02. The summed E-state index contributed by atoms with van der Waals surface area (Å²) in [5.74, 6) is 0.983. The highest BCUT2D eigenvalue weighted by Crippen LogP contribution is 2.34. The van der Waals surface area contributed by atoms with Crippen LogP contribution in [-0.4, -0.2) is 47.0 Å². The average Bonchev–Trinajstić information content (AvgIpc) is 3.14. The van der Waals surface area contributed by atoms with E-state index in [2.05, 4.69) is 30.8 Å². The molecule has 2 aromatic rings. The fourth-order valence-corrected chi connectivity index (χ4v) is 3.85. The van der Waals surface area contributed by atoms with Crippen LogP contribution >= 0.6 is 15.9 Å². The molecule has 0 radical (unpaired) electrons. The molecule has 4 rings (SSSR count). The third-order valence-corrected chi connectivity index (χ3v) is 5.28. The Morgan fingerprint density at radius 3 is 2.50 bits per heavy atom. The van der Waals surface area contributed by atoms with Crippen molar-refractivity contribution in [3.05, 3.63) is 52.6 Å². The lowest BCUT2D eigenvalue weighted by atomic mass is 10.0. The highest BCUT2D eigenvalue weighted by atomic mass is 79.9. The highest BCUT2D eigenvalue weighted by molar-refractivity contribution is 9.10. The van der Waals surface area contributed by atoms with Crippen LogP contribution in [0.25, 0.3) is 0 Å². The van der Waals surface area contributed by atoms with E-state index in [-0.39, 0.29) is 11.5 Å². The molecule has 4 heterocycles. The average molecular weight is 391 g/mol. The Labute approximate surface area is 147 Å². The van der Waals surface area contributed by atoms with Gasteiger partial charge in [0.2, 0.25) is 0 Å². The van der Waals surface area contributed by atoms with Gasteiger partial charge in [0.25, 0.3) is 5.91 Å². The number of fused-ring (bicyclic) bond motifs is 1. The molecular weight excluding hydrogens is 375 g/mol. The lowest BCUT2D eigenvalue weighted by Gasteiger charge is -2.22. The predicted molar refractivity (Wildman–Crippen MR) is 91.2 cm³/mol. The summed E-state index contributed by atoms with van der Waals surface area (Å²) in [7, 11) is 0. The summed E-state index contributed by atoms with van der Waals surface area (Å²) >= 11 is 3.39. The number of aromatic nitrogens is 2. The SMILES string of the molecule is O=C(c1ccncc1F)N1CC2CN(c3ccc(Br)cn3)CC2C1. The molecule has 2 aliphatic heterocycles. The van der Waals surface area contributed by atoms with Gasteiger partial charge in [0.05, 0.1) is 11.8 Å².